The summed E-state index contributed by atoms with van der Waals surface area (Å²) < 4.78 is 10.5. The fourth-order valence-electron chi connectivity index (χ4n) is 1.99. The van der Waals surface area contributed by atoms with Crippen molar-refractivity contribution in [1.29, 1.82) is 0 Å². The summed E-state index contributed by atoms with van der Waals surface area (Å²) >= 11 is 5.09. The van der Waals surface area contributed by atoms with Crippen LogP contribution in [0.3, 0.4) is 0 Å². The number of ether oxygens (including phenoxy) is 1. The minimum atomic E-state index is 0.250. The molecular formula is C12H15BrN6OS. The predicted octanol–water partition coefficient (Wildman–Crippen LogP) is 2.33. The van der Waals surface area contributed by atoms with Gasteiger partial charge in [-0.3, -0.25) is 4.68 Å². The van der Waals surface area contributed by atoms with Crippen molar-refractivity contribution < 1.29 is 4.74 Å². The van der Waals surface area contributed by atoms with E-state index >= 15 is 0 Å². The summed E-state index contributed by atoms with van der Waals surface area (Å²) in [4.78, 5) is 8.13. The highest BCUT2D eigenvalue weighted by Gasteiger charge is 2.29. The Labute approximate surface area is 135 Å². The quantitative estimate of drug-likeness (QED) is 0.808. The van der Waals surface area contributed by atoms with Crippen LogP contribution in [0.1, 0.15) is 13.0 Å². The highest BCUT2D eigenvalue weighted by Crippen LogP contribution is 2.30. The van der Waals surface area contributed by atoms with Crippen LogP contribution in [0.4, 0.5) is 5.82 Å². The van der Waals surface area contributed by atoms with Crippen LogP contribution in [0.5, 0.6) is 11.6 Å². The van der Waals surface area contributed by atoms with E-state index in [0.717, 1.165) is 18.8 Å². The number of anilines is 1. The van der Waals surface area contributed by atoms with Gasteiger partial charge in [-0.15, -0.1) is 0 Å². The van der Waals surface area contributed by atoms with Crippen LogP contribution in [0, 0.1) is 0 Å². The van der Waals surface area contributed by atoms with Crippen molar-refractivity contribution in [3.63, 3.8) is 0 Å². The molecule has 1 fully saturated rings. The van der Waals surface area contributed by atoms with Gasteiger partial charge >= 0.3 is 0 Å². The monoisotopic (exact) mass is 370 g/mol. The average molecular weight is 371 g/mol. The minimum Gasteiger partial charge on any atom is -0.433 e. The second-order valence-electron chi connectivity index (χ2n) is 4.56. The number of nitrogens with zero attached hydrogens (tertiary/aromatic N) is 5. The fraction of sp³-hybridized carbons (Fsp3) is 0.417. The Kier molecular flexibility index (Phi) is 4.32. The van der Waals surface area contributed by atoms with Gasteiger partial charge in [0.25, 0.3) is 5.88 Å². The van der Waals surface area contributed by atoms with Crippen molar-refractivity contribution in [3.8, 4) is 11.6 Å². The molecule has 0 atom stereocenters. The Hall–Kier alpha value is -1.32. The van der Waals surface area contributed by atoms with Gasteiger partial charge < -0.3 is 10.5 Å². The fourth-order valence-corrected chi connectivity index (χ4v) is 3.18. The SMILES string of the molecule is CCSN1CC(n2cc(Oc3nc(Br)cnc3N)cn2)C1. The predicted molar refractivity (Wildman–Crippen MR) is 85.2 cm³/mol. The van der Waals surface area contributed by atoms with E-state index in [1.807, 2.05) is 22.8 Å². The van der Waals surface area contributed by atoms with Gasteiger partial charge in [-0.05, 0) is 15.9 Å². The first-order valence-electron chi connectivity index (χ1n) is 6.53. The van der Waals surface area contributed by atoms with Gasteiger partial charge in [0.15, 0.2) is 11.6 Å². The smallest absolute Gasteiger partial charge is 0.263 e. The maximum Gasteiger partial charge on any atom is 0.263 e. The first-order valence-corrected chi connectivity index (χ1v) is 8.27. The molecule has 112 valence electrons. The summed E-state index contributed by atoms with van der Waals surface area (Å²) in [5.74, 6) is 2.23. The number of hydrogen-bond acceptors (Lipinski definition) is 7. The van der Waals surface area contributed by atoms with Crippen LogP contribution >= 0.6 is 27.9 Å². The molecule has 0 amide bonds. The Morgan fingerprint density at radius 2 is 2.29 bits per heavy atom. The Morgan fingerprint density at radius 3 is 3.05 bits per heavy atom. The second kappa shape index (κ2) is 6.20. The highest BCUT2D eigenvalue weighted by atomic mass is 79.9. The van der Waals surface area contributed by atoms with Crippen molar-refractivity contribution >= 4 is 33.7 Å². The van der Waals surface area contributed by atoms with Crippen molar-refractivity contribution in [2.75, 3.05) is 24.6 Å². The number of nitrogen functional groups attached to an aromatic ring is 1. The summed E-state index contributed by atoms with van der Waals surface area (Å²) in [6, 6.07) is 0.396. The van der Waals surface area contributed by atoms with Gasteiger partial charge in [0.1, 0.15) is 4.60 Å². The molecule has 0 bridgehead atoms. The van der Waals surface area contributed by atoms with Gasteiger partial charge in [-0.1, -0.05) is 18.9 Å². The molecule has 3 rings (SSSR count). The van der Waals surface area contributed by atoms with Crippen molar-refractivity contribution in [2.24, 2.45) is 0 Å². The van der Waals surface area contributed by atoms with Crippen LogP contribution in [0.25, 0.3) is 0 Å². The average Bonchev–Trinajstić information content (AvgIpc) is 2.86. The molecule has 1 aliphatic heterocycles. The normalized spacial score (nSPS) is 15.9. The van der Waals surface area contributed by atoms with E-state index in [-0.39, 0.29) is 11.7 Å². The summed E-state index contributed by atoms with van der Waals surface area (Å²) in [7, 11) is 0. The number of halogens is 1. The molecule has 0 aliphatic carbocycles. The second-order valence-corrected chi connectivity index (χ2v) is 6.72. The Morgan fingerprint density at radius 1 is 1.48 bits per heavy atom. The number of nitrogens with two attached hydrogens (primary N) is 1. The summed E-state index contributed by atoms with van der Waals surface area (Å²) in [5.41, 5.74) is 5.74. The molecule has 0 radical (unpaired) electrons. The third kappa shape index (κ3) is 3.30. The van der Waals surface area contributed by atoms with Crippen LogP contribution in [0.15, 0.2) is 23.2 Å². The zero-order valence-electron chi connectivity index (χ0n) is 11.4. The van der Waals surface area contributed by atoms with Crippen LogP contribution < -0.4 is 10.5 Å². The molecular weight excluding hydrogens is 356 g/mol. The minimum absolute atomic E-state index is 0.250. The molecule has 1 aliphatic rings. The number of rotatable bonds is 5. The highest BCUT2D eigenvalue weighted by molar-refractivity contribution is 9.10. The van der Waals surface area contributed by atoms with E-state index in [1.54, 1.807) is 6.20 Å². The standard InChI is InChI=1S/C12H15BrN6OS/c1-2-21-18-5-8(6-18)19-7-9(3-16-19)20-12-11(14)15-4-10(13)17-12/h3-4,7-8H,2,5-6H2,1H3,(H2,14,15). The lowest BCUT2D eigenvalue weighted by Crippen LogP contribution is -2.43. The van der Waals surface area contributed by atoms with Crippen molar-refractivity contribution in [1.82, 2.24) is 24.1 Å². The summed E-state index contributed by atoms with van der Waals surface area (Å²) in [6.45, 7) is 4.15. The molecule has 1 saturated heterocycles. The molecule has 0 unspecified atom stereocenters. The van der Waals surface area contributed by atoms with Crippen molar-refractivity contribution in [2.45, 2.75) is 13.0 Å². The van der Waals surface area contributed by atoms with Crippen LogP contribution in [-0.2, 0) is 0 Å². The van der Waals surface area contributed by atoms with E-state index in [0.29, 0.717) is 16.4 Å². The van der Waals surface area contributed by atoms with E-state index in [1.165, 1.54) is 6.20 Å². The molecule has 0 aromatic carbocycles. The third-order valence-corrected chi connectivity index (χ3v) is 4.35. The molecule has 2 N–H and O–H groups in total. The molecule has 7 nitrogen and oxygen atoms in total. The molecule has 3 heterocycles. The first-order chi connectivity index (χ1) is 10.2. The lowest BCUT2D eigenvalue weighted by molar-refractivity contribution is 0.207. The topological polar surface area (TPSA) is 82.1 Å². The molecule has 21 heavy (non-hydrogen) atoms. The third-order valence-electron chi connectivity index (χ3n) is 3.04. The number of aromatic nitrogens is 4. The Balaban J connectivity index is 1.64. The summed E-state index contributed by atoms with van der Waals surface area (Å²) in [5, 5.41) is 4.34. The Bertz CT molecular complexity index is 630. The van der Waals surface area contributed by atoms with Crippen molar-refractivity contribution in [3.05, 3.63) is 23.2 Å². The molecule has 2 aromatic heterocycles. The summed E-state index contributed by atoms with van der Waals surface area (Å²) in [6.07, 6.45) is 5.05. The van der Waals surface area contributed by atoms with Gasteiger partial charge in [-0.25, -0.2) is 14.3 Å². The largest absolute Gasteiger partial charge is 0.433 e. The van der Waals surface area contributed by atoms with Crippen LogP contribution in [-0.4, -0.2) is 42.9 Å². The molecule has 2 aromatic rings. The van der Waals surface area contributed by atoms with E-state index in [4.69, 9.17) is 10.5 Å². The van der Waals surface area contributed by atoms with Gasteiger partial charge in [0.2, 0.25) is 0 Å². The van der Waals surface area contributed by atoms with Gasteiger partial charge in [0, 0.05) is 18.8 Å². The molecule has 0 saturated carbocycles. The van der Waals surface area contributed by atoms with Gasteiger partial charge in [0.05, 0.1) is 24.6 Å². The lowest BCUT2D eigenvalue weighted by Gasteiger charge is -2.37. The van der Waals surface area contributed by atoms with E-state index < -0.39 is 0 Å². The van der Waals surface area contributed by atoms with E-state index in [9.17, 15) is 0 Å². The number of hydrogen-bond donors (Lipinski definition) is 1. The lowest BCUT2D eigenvalue weighted by atomic mass is 10.2. The van der Waals surface area contributed by atoms with Gasteiger partial charge in [-0.2, -0.15) is 5.10 Å². The first kappa shape index (κ1) is 14.6. The molecule has 0 spiro atoms. The maximum absolute atomic E-state index is 5.74. The van der Waals surface area contributed by atoms with E-state index in [2.05, 4.69) is 42.2 Å². The zero-order valence-corrected chi connectivity index (χ0v) is 13.8. The zero-order chi connectivity index (χ0) is 14.8. The van der Waals surface area contributed by atoms with Crippen LogP contribution in [0.2, 0.25) is 0 Å². The molecule has 9 heteroatoms. The maximum atomic E-state index is 5.74.